The first kappa shape index (κ1) is 20.6. The molecule has 0 saturated heterocycles. The fourth-order valence-corrected chi connectivity index (χ4v) is 3.99. The van der Waals surface area contributed by atoms with Gasteiger partial charge in [-0.2, -0.15) is 0 Å². The number of nitrogens with zero attached hydrogens (tertiary/aromatic N) is 2. The molecule has 0 fully saturated rings. The minimum atomic E-state index is -0.495. The summed E-state index contributed by atoms with van der Waals surface area (Å²) in [5.41, 5.74) is 1.30. The van der Waals surface area contributed by atoms with Gasteiger partial charge in [0, 0.05) is 17.5 Å². The third-order valence-electron chi connectivity index (χ3n) is 4.88. The maximum Gasteiger partial charge on any atom is 0.280 e. The highest BCUT2D eigenvalue weighted by Gasteiger charge is 2.22. The van der Waals surface area contributed by atoms with Crippen LogP contribution in [0.1, 0.15) is 16.0 Å². The number of carbonyl (C=O) groups is 1. The summed E-state index contributed by atoms with van der Waals surface area (Å²) in [4.78, 5) is 26.8. The Hall–Kier alpha value is -3.65. The van der Waals surface area contributed by atoms with Gasteiger partial charge in [-0.1, -0.05) is 36.4 Å². The Balaban J connectivity index is 1.54. The topological polar surface area (TPSA) is 81.9 Å². The maximum atomic E-state index is 13.0. The monoisotopic (exact) mass is 436 g/mol. The van der Waals surface area contributed by atoms with E-state index in [1.165, 1.54) is 24.3 Å². The van der Waals surface area contributed by atoms with Gasteiger partial charge < -0.3 is 14.4 Å². The predicted octanol–water partition coefficient (Wildman–Crippen LogP) is 4.67. The van der Waals surface area contributed by atoms with Crippen molar-refractivity contribution in [3.63, 3.8) is 0 Å². The first-order chi connectivity index (χ1) is 15.1. The molecule has 31 heavy (non-hydrogen) atoms. The van der Waals surface area contributed by atoms with Gasteiger partial charge in [0.25, 0.3) is 5.69 Å². The quantitative estimate of drug-likeness (QED) is 0.291. The number of rotatable bonds is 8. The van der Waals surface area contributed by atoms with Gasteiger partial charge in [-0.3, -0.25) is 14.9 Å². The predicted molar refractivity (Wildman–Crippen MR) is 118 cm³/mol. The average Bonchev–Trinajstić information content (AvgIpc) is 3.46. The molecule has 0 unspecified atom stereocenters. The smallest absolute Gasteiger partial charge is 0.280 e. The van der Waals surface area contributed by atoms with Gasteiger partial charge >= 0.3 is 0 Å². The van der Waals surface area contributed by atoms with Crippen molar-refractivity contribution in [1.82, 2.24) is 4.90 Å². The van der Waals surface area contributed by atoms with Crippen molar-refractivity contribution >= 4 is 29.0 Å². The van der Waals surface area contributed by atoms with Gasteiger partial charge in [0.1, 0.15) is 0 Å². The lowest BCUT2D eigenvalue weighted by Gasteiger charge is -2.20. The van der Waals surface area contributed by atoms with E-state index in [0.29, 0.717) is 30.2 Å². The Kier molecular flexibility index (Phi) is 6.28. The number of nitro benzene ring substituents is 1. The number of carbonyl (C=O) groups excluding carboxylic acids is 1. The van der Waals surface area contributed by atoms with Gasteiger partial charge in [-0.05, 0) is 35.6 Å². The van der Waals surface area contributed by atoms with E-state index in [2.05, 4.69) is 0 Å². The van der Waals surface area contributed by atoms with Crippen LogP contribution in [0.25, 0.3) is 6.08 Å². The molecule has 8 heteroatoms. The number of fused-ring (bicyclic) bond motifs is 1. The molecule has 3 aromatic rings. The second kappa shape index (κ2) is 9.44. The maximum absolute atomic E-state index is 13.0. The molecule has 0 saturated carbocycles. The fraction of sp³-hybridized carbons (Fsp3) is 0.174. The van der Waals surface area contributed by atoms with Crippen LogP contribution in [0.15, 0.2) is 66.1 Å². The van der Waals surface area contributed by atoms with Crippen LogP contribution < -0.4 is 9.47 Å². The molecule has 0 aliphatic carbocycles. The largest absolute Gasteiger partial charge is 0.454 e. The van der Waals surface area contributed by atoms with E-state index in [1.807, 2.05) is 47.8 Å². The molecular formula is C23H20N2O5S. The Morgan fingerprint density at radius 2 is 1.90 bits per heavy atom. The van der Waals surface area contributed by atoms with Crippen LogP contribution in [0.4, 0.5) is 5.69 Å². The highest BCUT2D eigenvalue weighted by molar-refractivity contribution is 7.09. The molecule has 2 heterocycles. The summed E-state index contributed by atoms with van der Waals surface area (Å²) in [7, 11) is 0. The lowest BCUT2D eigenvalue weighted by atomic mass is 10.1. The van der Waals surface area contributed by atoms with E-state index in [9.17, 15) is 14.9 Å². The minimum absolute atomic E-state index is 0.0205. The second-order valence-electron chi connectivity index (χ2n) is 6.93. The molecule has 4 rings (SSSR count). The van der Waals surface area contributed by atoms with Crippen LogP contribution in [-0.4, -0.2) is 29.1 Å². The summed E-state index contributed by atoms with van der Waals surface area (Å²) in [6, 6.07) is 16.7. The third-order valence-corrected chi connectivity index (χ3v) is 5.74. The number of hydrogen-bond acceptors (Lipinski definition) is 6. The second-order valence-corrected chi connectivity index (χ2v) is 7.96. The highest BCUT2D eigenvalue weighted by atomic mass is 32.1. The van der Waals surface area contributed by atoms with Crippen molar-refractivity contribution < 1.29 is 19.2 Å². The van der Waals surface area contributed by atoms with Crippen molar-refractivity contribution in [3.05, 3.63) is 92.2 Å². The van der Waals surface area contributed by atoms with Crippen molar-refractivity contribution in [2.75, 3.05) is 13.3 Å². The standard InChI is InChI=1S/C23H20N2O5S/c26-23(9-8-18-13-21-22(30-16-29-21)14-20(18)25(27)28)24(15-19-7-4-12-31-19)11-10-17-5-2-1-3-6-17/h1-9,12-14H,10-11,15-16H2/b9-8+. The van der Waals surface area contributed by atoms with Crippen LogP contribution in [0.5, 0.6) is 11.5 Å². The normalized spacial score (nSPS) is 12.3. The lowest BCUT2D eigenvalue weighted by Crippen LogP contribution is -2.30. The minimum Gasteiger partial charge on any atom is -0.454 e. The molecule has 1 aromatic heterocycles. The molecule has 1 aliphatic heterocycles. The van der Waals surface area contributed by atoms with Gasteiger partial charge in [0.2, 0.25) is 12.7 Å². The summed E-state index contributed by atoms with van der Waals surface area (Å²) in [5, 5.41) is 13.4. The number of nitro groups is 1. The number of benzene rings is 2. The van der Waals surface area contributed by atoms with Gasteiger partial charge in [-0.25, -0.2) is 0 Å². The third kappa shape index (κ3) is 5.10. The van der Waals surface area contributed by atoms with Crippen LogP contribution in [0.3, 0.4) is 0 Å². The van der Waals surface area contributed by atoms with Crippen molar-refractivity contribution in [2.45, 2.75) is 13.0 Å². The van der Waals surface area contributed by atoms with Crippen molar-refractivity contribution in [3.8, 4) is 11.5 Å². The fourth-order valence-electron chi connectivity index (χ4n) is 3.27. The Bertz CT molecular complexity index is 1100. The Morgan fingerprint density at radius 1 is 1.13 bits per heavy atom. The van der Waals surface area contributed by atoms with Crippen LogP contribution in [0, 0.1) is 10.1 Å². The molecule has 1 aliphatic rings. The van der Waals surface area contributed by atoms with E-state index >= 15 is 0 Å². The van der Waals surface area contributed by atoms with Gasteiger partial charge in [0.15, 0.2) is 11.5 Å². The summed E-state index contributed by atoms with van der Waals surface area (Å²) in [6.07, 6.45) is 3.56. The summed E-state index contributed by atoms with van der Waals surface area (Å²) in [6.45, 7) is 1.04. The van der Waals surface area contributed by atoms with Crippen molar-refractivity contribution in [1.29, 1.82) is 0 Å². The SMILES string of the molecule is O=C(/C=C/c1cc2c(cc1[N+](=O)[O-])OCO2)N(CCc1ccccc1)Cc1cccs1. The molecule has 1 amide bonds. The van der Waals surface area contributed by atoms with E-state index < -0.39 is 4.92 Å². The number of amides is 1. The van der Waals surface area contributed by atoms with E-state index in [4.69, 9.17) is 9.47 Å². The number of ether oxygens (including phenoxy) is 2. The summed E-state index contributed by atoms with van der Waals surface area (Å²) < 4.78 is 10.5. The van der Waals surface area contributed by atoms with E-state index in [1.54, 1.807) is 16.2 Å². The molecule has 0 atom stereocenters. The molecule has 0 bridgehead atoms. The molecular weight excluding hydrogens is 416 g/mol. The zero-order valence-corrected chi connectivity index (χ0v) is 17.4. The van der Waals surface area contributed by atoms with E-state index in [0.717, 1.165) is 16.9 Å². The Labute approximate surface area is 183 Å². The van der Waals surface area contributed by atoms with Gasteiger partial charge in [-0.15, -0.1) is 11.3 Å². The first-order valence-electron chi connectivity index (χ1n) is 9.71. The number of hydrogen-bond donors (Lipinski definition) is 0. The zero-order valence-electron chi connectivity index (χ0n) is 16.6. The van der Waals surface area contributed by atoms with Crippen molar-refractivity contribution in [2.24, 2.45) is 0 Å². The molecule has 158 valence electrons. The Morgan fingerprint density at radius 3 is 2.61 bits per heavy atom. The van der Waals surface area contributed by atoms with Crippen LogP contribution in [-0.2, 0) is 17.8 Å². The molecule has 0 radical (unpaired) electrons. The van der Waals surface area contributed by atoms with E-state index in [-0.39, 0.29) is 18.4 Å². The molecule has 0 spiro atoms. The van der Waals surface area contributed by atoms with Gasteiger partial charge in [0.05, 0.1) is 23.1 Å². The summed E-state index contributed by atoms with van der Waals surface area (Å²) >= 11 is 1.59. The summed E-state index contributed by atoms with van der Waals surface area (Å²) in [5.74, 6) is 0.547. The zero-order chi connectivity index (χ0) is 21.6. The highest BCUT2D eigenvalue weighted by Crippen LogP contribution is 2.38. The lowest BCUT2D eigenvalue weighted by molar-refractivity contribution is -0.385. The average molecular weight is 436 g/mol. The molecule has 7 nitrogen and oxygen atoms in total. The van der Waals surface area contributed by atoms with Crippen LogP contribution >= 0.6 is 11.3 Å². The molecule has 2 aromatic carbocycles. The van der Waals surface area contributed by atoms with Crippen LogP contribution in [0.2, 0.25) is 0 Å². The number of thiophene rings is 1. The molecule has 0 N–H and O–H groups in total. The first-order valence-corrected chi connectivity index (χ1v) is 10.6.